The summed E-state index contributed by atoms with van der Waals surface area (Å²) in [6, 6.07) is 5.80. The molecule has 0 aromatic carbocycles. The molecule has 0 aliphatic carbocycles. The topological polar surface area (TPSA) is 73.1 Å². The van der Waals surface area contributed by atoms with Crippen LogP contribution >= 0.6 is 0 Å². The van der Waals surface area contributed by atoms with Crippen LogP contribution in [0.2, 0.25) is 0 Å². The van der Waals surface area contributed by atoms with Crippen LogP contribution in [0.4, 0.5) is 0 Å². The highest BCUT2D eigenvalue weighted by Gasteiger charge is 2.14. The molecule has 1 aliphatic heterocycles. The van der Waals surface area contributed by atoms with Gasteiger partial charge in [-0.1, -0.05) is 11.2 Å². The average molecular weight is 288 g/mol. The van der Waals surface area contributed by atoms with Crippen LogP contribution in [0, 0.1) is 0 Å². The Morgan fingerprint density at radius 3 is 3.00 bits per heavy atom. The number of rotatable bonds is 6. The summed E-state index contributed by atoms with van der Waals surface area (Å²) >= 11 is 0. The standard InChI is InChI=1S/C15H20N4O2/c1-2-7-17-12(3-1)11-14-18-15(21-19-14)6-10-20-13-4-8-16-9-5-13/h1-3,7,13,16H,4-6,8-11H2. The quantitative estimate of drug-likeness (QED) is 0.865. The van der Waals surface area contributed by atoms with Crippen molar-refractivity contribution in [3.05, 3.63) is 41.8 Å². The maximum absolute atomic E-state index is 5.83. The molecule has 6 heteroatoms. The van der Waals surface area contributed by atoms with Crippen LogP contribution in [0.1, 0.15) is 30.3 Å². The third-order valence-corrected chi connectivity index (χ3v) is 3.53. The molecule has 0 radical (unpaired) electrons. The molecule has 2 aromatic rings. The Labute approximate surface area is 123 Å². The molecule has 2 aromatic heterocycles. The number of pyridine rings is 1. The third kappa shape index (κ3) is 4.34. The Hall–Kier alpha value is -1.79. The summed E-state index contributed by atoms with van der Waals surface area (Å²) < 4.78 is 11.1. The number of hydrogen-bond acceptors (Lipinski definition) is 6. The Morgan fingerprint density at radius 1 is 1.29 bits per heavy atom. The molecule has 112 valence electrons. The molecule has 3 heterocycles. The first-order valence-electron chi connectivity index (χ1n) is 7.44. The number of hydrogen-bond donors (Lipinski definition) is 1. The lowest BCUT2D eigenvalue weighted by Gasteiger charge is -2.22. The monoisotopic (exact) mass is 288 g/mol. The predicted octanol–water partition coefficient (Wildman–Crippen LogP) is 1.37. The summed E-state index contributed by atoms with van der Waals surface area (Å²) in [6.07, 6.45) is 5.55. The summed E-state index contributed by atoms with van der Waals surface area (Å²) in [7, 11) is 0. The normalized spacial score (nSPS) is 16.2. The lowest BCUT2D eigenvalue weighted by molar-refractivity contribution is 0.0322. The average Bonchev–Trinajstić information content (AvgIpc) is 2.97. The van der Waals surface area contributed by atoms with Crippen molar-refractivity contribution >= 4 is 0 Å². The zero-order valence-electron chi connectivity index (χ0n) is 12.0. The van der Waals surface area contributed by atoms with Crippen molar-refractivity contribution in [3.63, 3.8) is 0 Å². The second-order valence-corrected chi connectivity index (χ2v) is 5.17. The van der Waals surface area contributed by atoms with Gasteiger partial charge in [0.15, 0.2) is 5.82 Å². The van der Waals surface area contributed by atoms with E-state index >= 15 is 0 Å². The van der Waals surface area contributed by atoms with Gasteiger partial charge in [-0.05, 0) is 38.1 Å². The summed E-state index contributed by atoms with van der Waals surface area (Å²) in [4.78, 5) is 8.63. The number of piperidine rings is 1. The molecule has 1 saturated heterocycles. The van der Waals surface area contributed by atoms with E-state index < -0.39 is 0 Å². The van der Waals surface area contributed by atoms with Gasteiger partial charge < -0.3 is 14.6 Å². The van der Waals surface area contributed by atoms with Crippen molar-refractivity contribution in [2.75, 3.05) is 19.7 Å². The summed E-state index contributed by atoms with van der Waals surface area (Å²) in [5.41, 5.74) is 0.941. The minimum Gasteiger partial charge on any atom is -0.378 e. The molecule has 21 heavy (non-hydrogen) atoms. The van der Waals surface area contributed by atoms with Crippen molar-refractivity contribution < 1.29 is 9.26 Å². The zero-order valence-corrected chi connectivity index (χ0v) is 12.0. The molecule has 0 bridgehead atoms. The van der Waals surface area contributed by atoms with Gasteiger partial charge in [-0.15, -0.1) is 0 Å². The van der Waals surface area contributed by atoms with E-state index in [1.54, 1.807) is 6.20 Å². The number of nitrogens with one attached hydrogen (secondary N) is 1. The van der Waals surface area contributed by atoms with Crippen LogP contribution in [0.5, 0.6) is 0 Å². The van der Waals surface area contributed by atoms with Crippen LogP contribution in [0.3, 0.4) is 0 Å². The van der Waals surface area contributed by atoms with Crippen molar-refractivity contribution in [1.29, 1.82) is 0 Å². The smallest absolute Gasteiger partial charge is 0.228 e. The fraction of sp³-hybridized carbons (Fsp3) is 0.533. The van der Waals surface area contributed by atoms with Gasteiger partial charge in [-0.2, -0.15) is 4.98 Å². The lowest BCUT2D eigenvalue weighted by atomic mass is 10.1. The highest BCUT2D eigenvalue weighted by Crippen LogP contribution is 2.09. The number of aromatic nitrogens is 3. The highest BCUT2D eigenvalue weighted by atomic mass is 16.5. The van der Waals surface area contributed by atoms with Crippen molar-refractivity contribution in [2.24, 2.45) is 0 Å². The maximum Gasteiger partial charge on any atom is 0.228 e. The van der Waals surface area contributed by atoms with E-state index in [0.29, 0.717) is 37.3 Å². The molecule has 1 N–H and O–H groups in total. The van der Waals surface area contributed by atoms with E-state index in [1.807, 2.05) is 18.2 Å². The Kier molecular flexibility index (Phi) is 4.91. The van der Waals surface area contributed by atoms with E-state index in [4.69, 9.17) is 9.26 Å². The van der Waals surface area contributed by atoms with Crippen LogP contribution < -0.4 is 5.32 Å². The SMILES string of the molecule is c1ccc(Cc2noc(CCOC3CCNCC3)n2)nc1. The van der Waals surface area contributed by atoms with Crippen LogP contribution in [0.15, 0.2) is 28.9 Å². The first-order chi connectivity index (χ1) is 10.4. The molecule has 0 amide bonds. The molecular formula is C15H20N4O2. The first-order valence-corrected chi connectivity index (χ1v) is 7.44. The van der Waals surface area contributed by atoms with Crippen molar-refractivity contribution in [2.45, 2.75) is 31.8 Å². The van der Waals surface area contributed by atoms with Crippen LogP contribution in [-0.2, 0) is 17.6 Å². The first kappa shape index (κ1) is 14.2. The molecule has 0 atom stereocenters. The number of ether oxygens (including phenoxy) is 1. The number of nitrogens with zero attached hydrogens (tertiary/aromatic N) is 3. The Morgan fingerprint density at radius 2 is 2.19 bits per heavy atom. The Bertz CT molecular complexity index is 538. The van der Waals surface area contributed by atoms with Gasteiger partial charge in [0.05, 0.1) is 25.6 Å². The molecule has 0 saturated carbocycles. The van der Waals surface area contributed by atoms with Crippen molar-refractivity contribution in [1.82, 2.24) is 20.4 Å². The minimum atomic E-state index is 0.363. The van der Waals surface area contributed by atoms with Crippen LogP contribution in [-0.4, -0.2) is 40.9 Å². The van der Waals surface area contributed by atoms with Gasteiger partial charge in [-0.3, -0.25) is 4.98 Å². The summed E-state index contributed by atoms with van der Waals surface area (Å²) in [5, 5.41) is 7.31. The molecular weight excluding hydrogens is 268 g/mol. The molecule has 3 rings (SSSR count). The highest BCUT2D eigenvalue weighted by molar-refractivity contribution is 5.09. The second-order valence-electron chi connectivity index (χ2n) is 5.17. The molecule has 0 spiro atoms. The third-order valence-electron chi connectivity index (χ3n) is 3.53. The summed E-state index contributed by atoms with van der Waals surface area (Å²) in [5.74, 6) is 1.31. The zero-order chi connectivity index (χ0) is 14.3. The lowest BCUT2D eigenvalue weighted by Crippen LogP contribution is -2.32. The van der Waals surface area contributed by atoms with Gasteiger partial charge >= 0.3 is 0 Å². The predicted molar refractivity (Wildman–Crippen MR) is 76.9 cm³/mol. The van der Waals surface area contributed by atoms with Crippen molar-refractivity contribution in [3.8, 4) is 0 Å². The molecule has 1 aliphatic rings. The molecule has 6 nitrogen and oxygen atoms in total. The summed E-state index contributed by atoms with van der Waals surface area (Å²) in [6.45, 7) is 2.72. The van der Waals surface area contributed by atoms with E-state index in [1.165, 1.54) is 0 Å². The van der Waals surface area contributed by atoms with E-state index in [0.717, 1.165) is 31.6 Å². The van der Waals surface area contributed by atoms with E-state index in [-0.39, 0.29) is 0 Å². The van der Waals surface area contributed by atoms with Gasteiger partial charge in [0.2, 0.25) is 5.89 Å². The largest absolute Gasteiger partial charge is 0.378 e. The maximum atomic E-state index is 5.83. The van der Waals surface area contributed by atoms with Gasteiger partial charge in [0, 0.05) is 11.9 Å². The fourth-order valence-electron chi connectivity index (χ4n) is 2.40. The molecule has 1 fully saturated rings. The van der Waals surface area contributed by atoms with E-state index in [2.05, 4.69) is 20.4 Å². The van der Waals surface area contributed by atoms with E-state index in [9.17, 15) is 0 Å². The van der Waals surface area contributed by atoms with Gasteiger partial charge in [-0.25, -0.2) is 0 Å². The Balaban J connectivity index is 1.44. The molecule has 0 unspecified atom stereocenters. The van der Waals surface area contributed by atoms with Gasteiger partial charge in [0.1, 0.15) is 0 Å². The second kappa shape index (κ2) is 7.28. The minimum absolute atomic E-state index is 0.363. The van der Waals surface area contributed by atoms with Crippen LogP contribution in [0.25, 0.3) is 0 Å². The fourth-order valence-corrected chi connectivity index (χ4v) is 2.40. The van der Waals surface area contributed by atoms with Gasteiger partial charge in [0.25, 0.3) is 0 Å².